The highest BCUT2D eigenvalue weighted by Crippen LogP contribution is 2.23. The Morgan fingerprint density at radius 1 is 1.83 bits per heavy atom. The Morgan fingerprint density at radius 2 is 2.50 bits per heavy atom. The molecule has 0 fully saturated rings. The number of amides is 1. The Labute approximate surface area is 74.7 Å². The molecule has 5 heteroatoms. The molecule has 0 spiro atoms. The highest BCUT2D eigenvalue weighted by atomic mass is 32.1. The van der Waals surface area contributed by atoms with Crippen LogP contribution in [0.5, 0.6) is 0 Å². The molecule has 1 aromatic rings. The third-order valence-corrected chi connectivity index (χ3v) is 2.57. The van der Waals surface area contributed by atoms with Crippen LogP contribution in [0.4, 0.5) is 0 Å². The summed E-state index contributed by atoms with van der Waals surface area (Å²) in [7, 11) is 0. The number of primary amides is 1. The number of carbonyl (C=O) groups excluding carboxylic acids is 1. The van der Waals surface area contributed by atoms with E-state index in [9.17, 15) is 4.79 Å². The smallest absolute Gasteiger partial charge is 0.219 e. The van der Waals surface area contributed by atoms with Crippen LogP contribution in [-0.4, -0.2) is 10.3 Å². The summed E-state index contributed by atoms with van der Waals surface area (Å²) in [5.41, 5.74) is 10.2. The van der Waals surface area contributed by atoms with E-state index >= 15 is 0 Å². The van der Waals surface area contributed by atoms with Crippen molar-refractivity contribution in [2.45, 2.75) is 18.9 Å². The van der Waals surface area contributed by atoms with Crippen molar-refractivity contribution in [2.24, 2.45) is 11.5 Å². The summed E-state index contributed by atoms with van der Waals surface area (Å²) in [6.45, 7) is 1.77. The van der Waals surface area contributed by atoms with Gasteiger partial charge in [0.15, 0.2) is 0 Å². The standard InChI is InChI=1S/C7H11N3OS/c1-7(9,4-6(8)11)5-2-3-10-12-5/h2-3H,4,9H2,1H3,(H2,8,11). The Morgan fingerprint density at radius 3 is 2.92 bits per heavy atom. The van der Waals surface area contributed by atoms with E-state index < -0.39 is 11.4 Å². The topological polar surface area (TPSA) is 82.0 Å². The second-order valence-electron chi connectivity index (χ2n) is 2.94. The first kappa shape index (κ1) is 9.15. The molecule has 4 N–H and O–H groups in total. The minimum absolute atomic E-state index is 0.148. The van der Waals surface area contributed by atoms with Crippen LogP contribution in [0.1, 0.15) is 18.2 Å². The Bertz CT molecular complexity index is 268. The van der Waals surface area contributed by atoms with Crippen molar-refractivity contribution < 1.29 is 4.79 Å². The molecule has 1 heterocycles. The summed E-state index contributed by atoms with van der Waals surface area (Å²) >= 11 is 1.29. The summed E-state index contributed by atoms with van der Waals surface area (Å²) in [5.74, 6) is -0.395. The number of nitrogens with two attached hydrogens (primary N) is 2. The molecule has 1 amide bonds. The van der Waals surface area contributed by atoms with Gasteiger partial charge in [-0.1, -0.05) is 0 Å². The zero-order valence-electron chi connectivity index (χ0n) is 6.78. The molecule has 0 saturated carbocycles. The molecule has 4 nitrogen and oxygen atoms in total. The van der Waals surface area contributed by atoms with Gasteiger partial charge in [-0.05, 0) is 24.5 Å². The SMILES string of the molecule is CC(N)(CC(N)=O)c1ccns1. The molecular weight excluding hydrogens is 174 g/mol. The zero-order valence-corrected chi connectivity index (χ0v) is 7.60. The molecule has 0 aliphatic heterocycles. The normalized spacial score (nSPS) is 15.5. The van der Waals surface area contributed by atoms with Crippen LogP contribution in [0.2, 0.25) is 0 Å². The van der Waals surface area contributed by atoms with Gasteiger partial charge in [0.1, 0.15) is 0 Å². The Kier molecular flexibility index (Phi) is 2.44. The minimum Gasteiger partial charge on any atom is -0.370 e. The van der Waals surface area contributed by atoms with Crippen LogP contribution < -0.4 is 11.5 Å². The fourth-order valence-corrected chi connectivity index (χ4v) is 1.60. The average Bonchev–Trinajstić information content (AvgIpc) is 2.32. The second kappa shape index (κ2) is 3.20. The molecule has 0 aliphatic rings. The van der Waals surface area contributed by atoms with E-state index in [1.807, 2.05) is 0 Å². The lowest BCUT2D eigenvalue weighted by Gasteiger charge is -2.20. The van der Waals surface area contributed by atoms with Crippen molar-refractivity contribution in [1.82, 2.24) is 4.37 Å². The van der Waals surface area contributed by atoms with Crippen LogP contribution in [0, 0.1) is 0 Å². The van der Waals surface area contributed by atoms with E-state index in [0.717, 1.165) is 4.88 Å². The first-order valence-corrected chi connectivity index (χ1v) is 4.28. The number of hydrogen-bond acceptors (Lipinski definition) is 4. The third kappa shape index (κ3) is 2.02. The number of rotatable bonds is 3. The monoisotopic (exact) mass is 185 g/mol. The first-order chi connectivity index (χ1) is 5.52. The van der Waals surface area contributed by atoms with E-state index in [0.29, 0.717) is 0 Å². The van der Waals surface area contributed by atoms with Gasteiger partial charge >= 0.3 is 0 Å². The molecular formula is C7H11N3OS. The van der Waals surface area contributed by atoms with Gasteiger partial charge in [0.05, 0.1) is 5.54 Å². The van der Waals surface area contributed by atoms with Crippen molar-refractivity contribution in [1.29, 1.82) is 0 Å². The van der Waals surface area contributed by atoms with E-state index in [-0.39, 0.29) is 6.42 Å². The molecule has 0 aliphatic carbocycles. The maximum Gasteiger partial charge on any atom is 0.219 e. The van der Waals surface area contributed by atoms with Crippen molar-refractivity contribution in [3.05, 3.63) is 17.1 Å². The number of carbonyl (C=O) groups is 1. The zero-order chi connectivity index (χ0) is 9.19. The van der Waals surface area contributed by atoms with Gasteiger partial charge in [-0.3, -0.25) is 4.79 Å². The van der Waals surface area contributed by atoms with Gasteiger partial charge in [0.2, 0.25) is 5.91 Å². The maximum absolute atomic E-state index is 10.6. The summed E-state index contributed by atoms with van der Waals surface area (Å²) in [5, 5.41) is 0. The number of aromatic nitrogens is 1. The van der Waals surface area contributed by atoms with Crippen LogP contribution in [-0.2, 0) is 10.3 Å². The van der Waals surface area contributed by atoms with Crippen molar-refractivity contribution in [3.8, 4) is 0 Å². The fraction of sp³-hybridized carbons (Fsp3) is 0.429. The van der Waals surface area contributed by atoms with Gasteiger partial charge in [-0.2, -0.15) is 0 Å². The molecule has 0 aromatic carbocycles. The van der Waals surface area contributed by atoms with Gasteiger partial charge in [0.25, 0.3) is 0 Å². The van der Waals surface area contributed by atoms with E-state index in [2.05, 4.69) is 4.37 Å². The molecule has 66 valence electrons. The van der Waals surface area contributed by atoms with Gasteiger partial charge in [0, 0.05) is 17.5 Å². The summed E-state index contributed by atoms with van der Waals surface area (Å²) in [6, 6.07) is 1.80. The highest BCUT2D eigenvalue weighted by molar-refractivity contribution is 7.05. The van der Waals surface area contributed by atoms with E-state index in [1.165, 1.54) is 11.5 Å². The van der Waals surface area contributed by atoms with E-state index in [4.69, 9.17) is 11.5 Å². The summed E-state index contributed by atoms with van der Waals surface area (Å²) < 4.78 is 3.91. The van der Waals surface area contributed by atoms with Gasteiger partial charge in [-0.15, -0.1) is 0 Å². The minimum atomic E-state index is -0.674. The summed E-state index contributed by atoms with van der Waals surface area (Å²) in [6.07, 6.45) is 1.81. The molecule has 1 atom stereocenters. The van der Waals surface area contributed by atoms with Crippen molar-refractivity contribution in [2.75, 3.05) is 0 Å². The van der Waals surface area contributed by atoms with Gasteiger partial charge in [-0.25, -0.2) is 4.37 Å². The molecule has 12 heavy (non-hydrogen) atoms. The predicted molar refractivity (Wildman–Crippen MR) is 47.5 cm³/mol. The van der Waals surface area contributed by atoms with Crippen LogP contribution in [0.25, 0.3) is 0 Å². The molecule has 0 bridgehead atoms. The van der Waals surface area contributed by atoms with E-state index in [1.54, 1.807) is 19.2 Å². The highest BCUT2D eigenvalue weighted by Gasteiger charge is 2.24. The maximum atomic E-state index is 10.6. The van der Waals surface area contributed by atoms with Crippen LogP contribution in [0.3, 0.4) is 0 Å². The number of hydrogen-bond donors (Lipinski definition) is 2. The lowest BCUT2D eigenvalue weighted by molar-refractivity contribution is -0.119. The fourth-order valence-electron chi connectivity index (χ4n) is 0.959. The molecule has 0 saturated heterocycles. The number of nitrogens with zero attached hydrogens (tertiary/aromatic N) is 1. The average molecular weight is 185 g/mol. The molecule has 1 unspecified atom stereocenters. The molecule has 1 rings (SSSR count). The molecule has 0 radical (unpaired) electrons. The van der Waals surface area contributed by atoms with Gasteiger partial charge < -0.3 is 11.5 Å². The van der Waals surface area contributed by atoms with Crippen LogP contribution >= 0.6 is 11.5 Å². The second-order valence-corrected chi connectivity index (χ2v) is 3.77. The summed E-state index contributed by atoms with van der Waals surface area (Å²) in [4.78, 5) is 11.5. The van der Waals surface area contributed by atoms with Crippen molar-refractivity contribution >= 4 is 17.4 Å². The first-order valence-electron chi connectivity index (χ1n) is 3.51. The lowest BCUT2D eigenvalue weighted by atomic mass is 9.97. The predicted octanol–water partition coefficient (Wildman–Crippen LogP) is 0.192. The lowest BCUT2D eigenvalue weighted by Crippen LogP contribution is -2.36. The Balaban J connectivity index is 2.79. The van der Waals surface area contributed by atoms with Crippen molar-refractivity contribution in [3.63, 3.8) is 0 Å². The van der Waals surface area contributed by atoms with Crippen LogP contribution in [0.15, 0.2) is 12.3 Å². The molecule has 1 aromatic heterocycles. The third-order valence-electron chi connectivity index (χ3n) is 1.54. The quantitative estimate of drug-likeness (QED) is 0.705. The Hall–Kier alpha value is -0.940. The largest absolute Gasteiger partial charge is 0.370 e.